The zero-order valence-electron chi connectivity index (χ0n) is 46.6. The van der Waals surface area contributed by atoms with Crippen LogP contribution in [0.2, 0.25) is 5.02 Å². The molecule has 82 heavy (non-hydrogen) atoms. The number of halogens is 3. The Labute approximate surface area is 485 Å². The van der Waals surface area contributed by atoms with Gasteiger partial charge in [-0.15, -0.1) is 11.3 Å². The van der Waals surface area contributed by atoms with Gasteiger partial charge in [0, 0.05) is 86.6 Å². The monoisotopic (exact) mass is 1160 g/mol. The number of aromatic nitrogens is 3. The van der Waals surface area contributed by atoms with Crippen LogP contribution in [0.1, 0.15) is 69.3 Å². The number of phenols is 1. The average Bonchev–Trinajstić information content (AvgIpc) is 4.01. The van der Waals surface area contributed by atoms with E-state index in [1.54, 1.807) is 35.2 Å². The number of benzene rings is 4. The van der Waals surface area contributed by atoms with Crippen LogP contribution < -0.4 is 25.6 Å². The molecule has 2 aliphatic heterocycles. The Bertz CT molecular complexity index is 3250. The molecule has 3 atom stereocenters. The zero-order chi connectivity index (χ0) is 57.9. The molecule has 3 fully saturated rings. The van der Waals surface area contributed by atoms with Crippen molar-refractivity contribution >= 4 is 80.0 Å². The van der Waals surface area contributed by atoms with Gasteiger partial charge in [0.25, 0.3) is 0 Å². The summed E-state index contributed by atoms with van der Waals surface area (Å²) in [5, 5.41) is 24.7. The summed E-state index contributed by atoms with van der Waals surface area (Å²) in [7, 11) is 3.42. The Balaban J connectivity index is 0.731. The Kier molecular flexibility index (Phi) is 20.2. The molecule has 6 aromatic rings. The minimum atomic E-state index is -0.962. The predicted molar refractivity (Wildman–Crippen MR) is 314 cm³/mol. The van der Waals surface area contributed by atoms with E-state index in [0.717, 1.165) is 78.0 Å². The number of carbonyl (C=O) groups excluding carboxylic acids is 4. The van der Waals surface area contributed by atoms with E-state index in [4.69, 9.17) is 35.8 Å². The maximum atomic E-state index is 16.6. The predicted octanol–water partition coefficient (Wildman–Crippen LogP) is 8.75. The average molecular weight is 1170 g/mol. The van der Waals surface area contributed by atoms with Crippen molar-refractivity contribution in [1.82, 2.24) is 40.3 Å². The minimum Gasteiger partial charge on any atom is -0.507 e. The van der Waals surface area contributed by atoms with Crippen molar-refractivity contribution < 1.29 is 47.3 Å². The van der Waals surface area contributed by atoms with Crippen molar-refractivity contribution in [3.05, 3.63) is 100 Å². The minimum absolute atomic E-state index is 0.0103. The number of aromatic hydroxyl groups is 1. The highest BCUT2D eigenvalue weighted by Crippen LogP contribution is 2.44. The zero-order valence-corrected chi connectivity index (χ0v) is 48.1. The number of likely N-dealkylation sites (tertiary alicyclic amines) is 1. The number of likely N-dealkylation sites (N-methyl/N-ethyl adjacent to an activating group) is 2. The number of rotatable bonds is 24. The molecular weight excluding hydrogens is 1090 g/mol. The summed E-state index contributed by atoms with van der Waals surface area (Å²) < 4.78 is 49.5. The summed E-state index contributed by atoms with van der Waals surface area (Å²) in [6, 6.07) is 16.0. The van der Waals surface area contributed by atoms with E-state index in [-0.39, 0.29) is 82.6 Å². The molecule has 4 heterocycles. The third kappa shape index (κ3) is 13.7. The van der Waals surface area contributed by atoms with Gasteiger partial charge in [0.15, 0.2) is 5.82 Å². The fourth-order valence-electron chi connectivity index (χ4n) is 11.0. The topological polar surface area (TPSA) is 204 Å². The van der Waals surface area contributed by atoms with Crippen LogP contribution in [-0.4, -0.2) is 163 Å². The number of ether oxygens (including phenoxy) is 3. The molecule has 0 unspecified atom stereocenters. The first kappa shape index (κ1) is 59.6. The maximum Gasteiger partial charge on any atom is 0.246 e. The van der Waals surface area contributed by atoms with Gasteiger partial charge in [0.2, 0.25) is 29.6 Å². The first-order chi connectivity index (χ1) is 39.8. The van der Waals surface area contributed by atoms with E-state index in [2.05, 4.69) is 39.0 Å². The smallest absolute Gasteiger partial charge is 0.246 e. The normalized spacial score (nSPS) is 16.6. The van der Waals surface area contributed by atoms with Crippen molar-refractivity contribution in [2.45, 2.75) is 76.4 Å². The van der Waals surface area contributed by atoms with Crippen molar-refractivity contribution in [1.29, 1.82) is 0 Å². The summed E-state index contributed by atoms with van der Waals surface area (Å²) in [5.41, 5.74) is 0.863. The number of nitrogens with one attached hydrogen (secondary N) is 3. The quantitative estimate of drug-likeness (QED) is 0.0331. The van der Waals surface area contributed by atoms with Gasteiger partial charge in [-0.2, -0.15) is 4.98 Å². The summed E-state index contributed by atoms with van der Waals surface area (Å²) in [5.74, 6) is -1.73. The van der Waals surface area contributed by atoms with Crippen molar-refractivity contribution in [3.8, 4) is 33.9 Å². The Hall–Kier alpha value is -7.04. The van der Waals surface area contributed by atoms with Gasteiger partial charge in [0.1, 0.15) is 46.3 Å². The van der Waals surface area contributed by atoms with Crippen molar-refractivity contribution in [3.63, 3.8) is 0 Å². The molecule has 4 aromatic carbocycles. The second kappa shape index (κ2) is 27.8. The van der Waals surface area contributed by atoms with Gasteiger partial charge in [-0.1, -0.05) is 67.8 Å². The number of amides is 4. The van der Waals surface area contributed by atoms with Gasteiger partial charge < -0.3 is 54.9 Å². The Morgan fingerprint density at radius 1 is 0.878 bits per heavy atom. The highest BCUT2D eigenvalue weighted by molar-refractivity contribution is 7.10. The summed E-state index contributed by atoms with van der Waals surface area (Å²) in [6.45, 7) is 9.37. The van der Waals surface area contributed by atoms with Crippen LogP contribution in [0.15, 0.2) is 78.7 Å². The molecule has 2 aromatic heterocycles. The second-order valence-corrected chi connectivity index (χ2v) is 22.1. The molecule has 9 rings (SSSR count). The number of fused-ring (bicyclic) bond motifs is 2. The number of phenolic OH excluding ortho intramolecular Hbond substituents is 1. The molecule has 22 heteroatoms. The number of hydrogen-bond donors (Lipinski definition) is 4. The van der Waals surface area contributed by atoms with Crippen LogP contribution in [-0.2, 0) is 28.7 Å². The molecule has 3 aliphatic rings. The summed E-state index contributed by atoms with van der Waals surface area (Å²) in [6.07, 6.45) is 8.12. The molecule has 436 valence electrons. The third-order valence-electron chi connectivity index (χ3n) is 15.7. The van der Waals surface area contributed by atoms with Crippen LogP contribution in [0.5, 0.6) is 11.5 Å². The molecule has 1 aliphatic carbocycles. The van der Waals surface area contributed by atoms with E-state index >= 15 is 8.78 Å². The molecule has 4 N–H and O–H groups in total. The number of hydrogen-bond acceptors (Lipinski definition) is 15. The fourth-order valence-corrected chi connectivity index (χ4v) is 12.2. The van der Waals surface area contributed by atoms with Crippen LogP contribution in [0, 0.1) is 17.6 Å². The fraction of sp³-hybridized carbons (Fsp3) is 0.450. The molecule has 4 amide bonds. The number of nitrogens with zero attached hydrogens (tertiary/aromatic N) is 7. The molecular formula is C60H71ClF2N10O8S. The highest BCUT2D eigenvalue weighted by atomic mass is 35.5. The largest absolute Gasteiger partial charge is 0.507 e. The summed E-state index contributed by atoms with van der Waals surface area (Å²) >= 11 is 8.17. The SMILES string of the molecule is C=CC(=O)N1CCN(c2nc(NCCC(=O)N(C)CCOCCOCCOc3ccc(-c4csc([C@@H]5CCCN5C(=O)[C@@H](NC(=O)[C@H](C)NC)C5CCCCC5)n4)c4ccccc34)nc3c(F)c(-c4c(O)cccc4F)c(Cl)cc23)CC1. The lowest BCUT2D eigenvalue weighted by Gasteiger charge is -2.35. The molecule has 18 nitrogen and oxygen atoms in total. The Morgan fingerprint density at radius 2 is 1.62 bits per heavy atom. The lowest BCUT2D eigenvalue weighted by atomic mass is 9.83. The van der Waals surface area contributed by atoms with Crippen LogP contribution in [0.4, 0.5) is 20.5 Å². The van der Waals surface area contributed by atoms with Crippen LogP contribution >= 0.6 is 22.9 Å². The number of piperazine rings is 1. The first-order valence-corrected chi connectivity index (χ1v) is 29.4. The van der Waals surface area contributed by atoms with E-state index in [0.29, 0.717) is 77.3 Å². The molecule has 0 spiro atoms. The maximum absolute atomic E-state index is 16.6. The lowest BCUT2D eigenvalue weighted by Crippen LogP contribution is -2.55. The van der Waals surface area contributed by atoms with Gasteiger partial charge in [-0.3, -0.25) is 19.2 Å². The van der Waals surface area contributed by atoms with E-state index < -0.39 is 35.0 Å². The standard InChI is InChI=1S/C60H71ClF2N10O8S/c1-5-49(75)71-25-27-72(28-26-71)56-42-35-43(61)51(52-44(62)17-11-19-47(52)74)53(63)55(42)68-60(69-56)65-23-22-50(76)70(4)29-30-79-31-32-80-33-34-81-48-21-20-40(39-15-9-10-16-41(39)48)45-36-82-58(66-45)46-18-12-24-73(46)59(78)54(38-13-7-6-8-14-38)67-57(77)37(2)64-3/h5,9-11,15-17,19-21,35-38,46,54,64,74H,1,6-8,12-14,18,22-34H2,2-4H3,(H,67,77)(H,65,68,69)/t37-,46-,54-/m0/s1. The lowest BCUT2D eigenvalue weighted by molar-refractivity contribution is -0.139. The third-order valence-corrected chi connectivity index (χ3v) is 16.9. The van der Waals surface area contributed by atoms with Gasteiger partial charge >= 0.3 is 0 Å². The second-order valence-electron chi connectivity index (χ2n) is 20.8. The van der Waals surface area contributed by atoms with E-state index in [1.165, 1.54) is 24.3 Å². The van der Waals surface area contributed by atoms with Crippen molar-refractivity contribution in [2.24, 2.45) is 5.92 Å². The Morgan fingerprint density at radius 3 is 2.37 bits per heavy atom. The number of thiazole rings is 1. The van der Waals surface area contributed by atoms with Crippen LogP contribution in [0.3, 0.4) is 0 Å². The van der Waals surface area contributed by atoms with Crippen molar-refractivity contribution in [2.75, 3.05) is 103 Å². The molecule has 2 saturated heterocycles. The molecule has 1 saturated carbocycles. The summed E-state index contributed by atoms with van der Waals surface area (Å²) in [4.78, 5) is 74.3. The molecule has 0 bridgehead atoms. The number of carbonyl (C=O) groups is 4. The van der Waals surface area contributed by atoms with E-state index in [1.807, 2.05) is 47.1 Å². The highest BCUT2D eigenvalue weighted by Gasteiger charge is 2.40. The van der Waals surface area contributed by atoms with E-state index in [9.17, 15) is 24.3 Å². The first-order valence-electron chi connectivity index (χ1n) is 28.1. The number of anilines is 2. The van der Waals surface area contributed by atoms with Gasteiger partial charge in [-0.25, -0.2) is 18.7 Å². The van der Waals surface area contributed by atoms with Crippen LogP contribution in [0.25, 0.3) is 44.1 Å². The van der Waals surface area contributed by atoms with Gasteiger partial charge in [0.05, 0.1) is 54.8 Å². The van der Waals surface area contributed by atoms with Gasteiger partial charge in [-0.05, 0) is 87.4 Å². The molecule has 0 radical (unpaired) electrons.